The van der Waals surface area contributed by atoms with Gasteiger partial charge in [-0.1, -0.05) is 12.1 Å². The van der Waals surface area contributed by atoms with E-state index in [0.29, 0.717) is 5.56 Å². The monoisotopic (exact) mass is 212 g/mol. The molecule has 0 heterocycles. The predicted molar refractivity (Wildman–Crippen MR) is 57.1 cm³/mol. The topological polar surface area (TPSA) is 40.5 Å². The molecule has 84 valence electrons. The van der Waals surface area contributed by atoms with Gasteiger partial charge in [0.15, 0.2) is 0 Å². The molecule has 2 nitrogen and oxygen atoms in total. The van der Waals surface area contributed by atoms with E-state index in [1.54, 1.807) is 19.1 Å². The maximum atomic E-state index is 12.9. The number of halogens is 1. The first kappa shape index (κ1) is 12.1. The Morgan fingerprint density at radius 1 is 1.27 bits per heavy atom. The minimum Gasteiger partial charge on any atom is -0.396 e. The van der Waals surface area contributed by atoms with Crippen LogP contribution in [-0.2, 0) is 6.42 Å². The minimum atomic E-state index is -0.195. The van der Waals surface area contributed by atoms with E-state index in [4.69, 9.17) is 10.2 Å². The first-order valence-electron chi connectivity index (χ1n) is 5.14. The zero-order valence-electron chi connectivity index (χ0n) is 8.91. The number of hydrogen-bond donors (Lipinski definition) is 2. The van der Waals surface area contributed by atoms with Crippen LogP contribution >= 0.6 is 0 Å². The van der Waals surface area contributed by atoms with Crippen LogP contribution in [0.15, 0.2) is 18.2 Å². The predicted octanol–water partition coefficient (Wildman–Crippen LogP) is 1.67. The van der Waals surface area contributed by atoms with Crippen molar-refractivity contribution in [2.24, 2.45) is 5.92 Å². The average Bonchev–Trinajstić information content (AvgIpc) is 2.24. The Hall–Kier alpha value is -0.930. The molecule has 0 aromatic heterocycles. The van der Waals surface area contributed by atoms with Crippen LogP contribution in [0.2, 0.25) is 0 Å². The fourth-order valence-corrected chi connectivity index (χ4v) is 1.47. The number of hydrogen-bond acceptors (Lipinski definition) is 2. The highest BCUT2D eigenvalue weighted by Crippen LogP contribution is 2.13. The third kappa shape index (κ3) is 3.61. The smallest absolute Gasteiger partial charge is 0.126 e. The maximum Gasteiger partial charge on any atom is 0.126 e. The fraction of sp³-hybridized carbons (Fsp3) is 0.500. The van der Waals surface area contributed by atoms with Gasteiger partial charge in [-0.2, -0.15) is 0 Å². The summed E-state index contributed by atoms with van der Waals surface area (Å²) in [5, 5.41) is 17.8. The maximum absolute atomic E-state index is 12.9. The van der Waals surface area contributed by atoms with Crippen molar-refractivity contribution in [3.63, 3.8) is 0 Å². The molecule has 0 atom stereocenters. The number of benzene rings is 1. The van der Waals surface area contributed by atoms with Gasteiger partial charge in [-0.25, -0.2) is 4.39 Å². The summed E-state index contributed by atoms with van der Waals surface area (Å²) in [6.07, 6.45) is 1.48. The number of aliphatic hydroxyl groups is 2. The molecule has 0 bridgehead atoms. The van der Waals surface area contributed by atoms with Crippen LogP contribution in [-0.4, -0.2) is 23.4 Å². The van der Waals surface area contributed by atoms with Gasteiger partial charge in [-0.3, -0.25) is 0 Å². The summed E-state index contributed by atoms with van der Waals surface area (Å²) in [7, 11) is 0. The van der Waals surface area contributed by atoms with Gasteiger partial charge in [-0.15, -0.1) is 0 Å². The Labute approximate surface area is 89.4 Å². The third-order valence-electron chi connectivity index (χ3n) is 2.58. The average molecular weight is 212 g/mol. The van der Waals surface area contributed by atoms with Crippen LogP contribution in [0.3, 0.4) is 0 Å². The molecule has 0 fully saturated rings. The molecular formula is C12H17FO2. The minimum absolute atomic E-state index is 0.00330. The Morgan fingerprint density at radius 3 is 2.47 bits per heavy atom. The largest absolute Gasteiger partial charge is 0.396 e. The summed E-state index contributed by atoms with van der Waals surface area (Å²) in [6, 6.07) is 5.01. The molecule has 0 aliphatic carbocycles. The van der Waals surface area contributed by atoms with Crippen molar-refractivity contribution in [3.05, 3.63) is 35.1 Å². The van der Waals surface area contributed by atoms with Gasteiger partial charge in [0.05, 0.1) is 0 Å². The molecule has 1 aromatic rings. The highest BCUT2D eigenvalue weighted by atomic mass is 19.1. The lowest BCUT2D eigenvalue weighted by Crippen LogP contribution is -2.11. The van der Waals surface area contributed by atoms with Crippen LogP contribution in [0.25, 0.3) is 0 Å². The van der Waals surface area contributed by atoms with E-state index in [-0.39, 0.29) is 24.9 Å². The second kappa shape index (κ2) is 5.83. The van der Waals surface area contributed by atoms with Crippen molar-refractivity contribution in [2.75, 3.05) is 13.2 Å². The molecular weight excluding hydrogens is 195 g/mol. The van der Waals surface area contributed by atoms with Crippen molar-refractivity contribution in [1.82, 2.24) is 0 Å². The molecule has 0 aliphatic heterocycles. The summed E-state index contributed by atoms with van der Waals surface area (Å²) >= 11 is 0. The van der Waals surface area contributed by atoms with E-state index < -0.39 is 0 Å². The van der Waals surface area contributed by atoms with E-state index >= 15 is 0 Å². The molecule has 3 heteroatoms. The summed E-state index contributed by atoms with van der Waals surface area (Å²) in [4.78, 5) is 0. The van der Waals surface area contributed by atoms with Crippen molar-refractivity contribution in [2.45, 2.75) is 19.8 Å². The summed E-state index contributed by atoms with van der Waals surface area (Å²) in [5.74, 6) is -0.269. The SMILES string of the molecule is Cc1cc(CCC(CO)CO)ccc1F. The van der Waals surface area contributed by atoms with Gasteiger partial charge in [0.1, 0.15) is 5.82 Å². The van der Waals surface area contributed by atoms with Crippen molar-refractivity contribution in [3.8, 4) is 0 Å². The lowest BCUT2D eigenvalue weighted by molar-refractivity contribution is 0.144. The number of rotatable bonds is 5. The van der Waals surface area contributed by atoms with Gasteiger partial charge in [0.2, 0.25) is 0 Å². The first-order chi connectivity index (χ1) is 7.17. The molecule has 0 aliphatic rings. The van der Waals surface area contributed by atoms with E-state index in [1.165, 1.54) is 6.07 Å². The zero-order chi connectivity index (χ0) is 11.3. The zero-order valence-corrected chi connectivity index (χ0v) is 8.91. The quantitative estimate of drug-likeness (QED) is 0.779. The van der Waals surface area contributed by atoms with Crippen LogP contribution in [0.1, 0.15) is 17.5 Å². The normalized spacial score (nSPS) is 11.0. The Morgan fingerprint density at radius 2 is 1.93 bits per heavy atom. The summed E-state index contributed by atoms with van der Waals surface area (Å²) in [6.45, 7) is 1.72. The fourth-order valence-electron chi connectivity index (χ4n) is 1.47. The molecule has 0 radical (unpaired) electrons. The van der Waals surface area contributed by atoms with E-state index in [2.05, 4.69) is 0 Å². The summed E-state index contributed by atoms with van der Waals surface area (Å²) < 4.78 is 12.9. The molecule has 0 spiro atoms. The van der Waals surface area contributed by atoms with Gasteiger partial charge >= 0.3 is 0 Å². The molecule has 1 rings (SSSR count). The van der Waals surface area contributed by atoms with Gasteiger partial charge < -0.3 is 10.2 Å². The lowest BCUT2D eigenvalue weighted by atomic mass is 10.00. The summed E-state index contributed by atoms with van der Waals surface area (Å²) in [5.41, 5.74) is 1.68. The molecule has 0 saturated carbocycles. The van der Waals surface area contributed by atoms with E-state index in [0.717, 1.165) is 18.4 Å². The Bertz CT molecular complexity index is 308. The first-order valence-corrected chi connectivity index (χ1v) is 5.14. The molecule has 2 N–H and O–H groups in total. The second-order valence-electron chi connectivity index (χ2n) is 3.85. The molecule has 0 amide bonds. The van der Waals surface area contributed by atoms with Gasteiger partial charge in [-0.05, 0) is 37.0 Å². The van der Waals surface area contributed by atoms with E-state index in [1.807, 2.05) is 0 Å². The second-order valence-corrected chi connectivity index (χ2v) is 3.85. The lowest BCUT2D eigenvalue weighted by Gasteiger charge is -2.10. The highest BCUT2D eigenvalue weighted by molar-refractivity contribution is 5.23. The van der Waals surface area contributed by atoms with Gasteiger partial charge in [0, 0.05) is 19.1 Å². The van der Waals surface area contributed by atoms with Crippen molar-refractivity contribution < 1.29 is 14.6 Å². The Balaban J connectivity index is 2.54. The standard InChI is InChI=1S/C12H17FO2/c1-9-6-10(4-5-12(9)13)2-3-11(7-14)8-15/h4-6,11,14-15H,2-3,7-8H2,1H3. The van der Waals surface area contributed by atoms with Crippen molar-refractivity contribution >= 4 is 0 Å². The van der Waals surface area contributed by atoms with Crippen molar-refractivity contribution in [1.29, 1.82) is 0 Å². The van der Waals surface area contributed by atoms with Crippen LogP contribution in [0.5, 0.6) is 0 Å². The van der Waals surface area contributed by atoms with E-state index in [9.17, 15) is 4.39 Å². The third-order valence-corrected chi connectivity index (χ3v) is 2.58. The van der Waals surface area contributed by atoms with Crippen LogP contribution in [0.4, 0.5) is 4.39 Å². The highest BCUT2D eigenvalue weighted by Gasteiger charge is 2.06. The van der Waals surface area contributed by atoms with Crippen LogP contribution in [0, 0.1) is 18.7 Å². The van der Waals surface area contributed by atoms with Crippen LogP contribution < -0.4 is 0 Å². The van der Waals surface area contributed by atoms with Gasteiger partial charge in [0.25, 0.3) is 0 Å². The number of aryl methyl sites for hydroxylation is 2. The molecule has 0 saturated heterocycles. The molecule has 1 aromatic carbocycles. The molecule has 15 heavy (non-hydrogen) atoms. The Kier molecular flexibility index (Phi) is 4.72. The number of aliphatic hydroxyl groups excluding tert-OH is 2. The molecule has 0 unspecified atom stereocenters.